The topological polar surface area (TPSA) is 102 Å². The fourth-order valence-electron chi connectivity index (χ4n) is 5.53. The third kappa shape index (κ3) is 2.62. The summed E-state index contributed by atoms with van der Waals surface area (Å²) in [5, 5.41) is 23.9. The van der Waals surface area contributed by atoms with Gasteiger partial charge in [-0.15, -0.1) is 0 Å². The maximum absolute atomic E-state index is 13.5. The normalized spacial score (nSPS) is 18.6. The molecule has 0 saturated carbocycles. The van der Waals surface area contributed by atoms with Crippen LogP contribution in [0.2, 0.25) is 0 Å². The number of carbonyl (C=O) groups excluding carboxylic acids is 1. The molecule has 172 valence electrons. The van der Waals surface area contributed by atoms with Crippen molar-refractivity contribution in [3.8, 4) is 11.4 Å². The van der Waals surface area contributed by atoms with Gasteiger partial charge in [-0.1, -0.05) is 32.0 Å². The van der Waals surface area contributed by atoms with Gasteiger partial charge in [-0.2, -0.15) is 0 Å². The number of rotatable bonds is 3. The van der Waals surface area contributed by atoms with Crippen LogP contribution in [0.4, 0.5) is 0 Å². The third-order valence-corrected chi connectivity index (χ3v) is 7.39. The quantitative estimate of drug-likeness (QED) is 0.319. The van der Waals surface area contributed by atoms with Crippen LogP contribution in [0, 0.1) is 0 Å². The largest absolute Gasteiger partial charge is 0.458 e. The number of hydrogen-bond donors (Lipinski definition) is 2. The first-order chi connectivity index (χ1) is 16.4. The molecule has 2 aliphatic rings. The molecule has 4 heterocycles. The molecule has 0 fully saturated rings. The number of fused-ring (bicyclic) bond motifs is 7. The lowest BCUT2D eigenvalue weighted by Crippen LogP contribution is -2.44. The summed E-state index contributed by atoms with van der Waals surface area (Å²) in [4.78, 5) is 30.9. The summed E-state index contributed by atoms with van der Waals surface area (Å²) in [6.07, 6.45) is 0.853. The number of cyclic esters (lactones) is 1. The Kier molecular flexibility index (Phi) is 4.46. The molecule has 0 unspecified atom stereocenters. The number of esters is 1. The number of aliphatic hydroxyl groups excluding tert-OH is 1. The molecule has 0 aliphatic carbocycles. The number of ether oxygens (including phenoxy) is 1. The molecule has 7 nitrogen and oxygen atoms in total. The molecule has 0 saturated heterocycles. The molecule has 0 bridgehead atoms. The van der Waals surface area contributed by atoms with E-state index in [-0.39, 0.29) is 25.2 Å². The predicted octanol–water partition coefficient (Wildman–Crippen LogP) is 3.29. The zero-order valence-corrected chi connectivity index (χ0v) is 19.0. The van der Waals surface area contributed by atoms with Gasteiger partial charge in [-0.3, -0.25) is 4.79 Å². The minimum atomic E-state index is -1.84. The highest BCUT2D eigenvalue weighted by molar-refractivity contribution is 6.09. The van der Waals surface area contributed by atoms with Crippen molar-refractivity contribution in [2.45, 2.75) is 52.0 Å². The van der Waals surface area contributed by atoms with Crippen molar-refractivity contribution in [3.63, 3.8) is 0 Å². The fraction of sp³-hybridized carbons (Fsp3) is 0.296. The minimum Gasteiger partial charge on any atom is -0.458 e. The number of carbonyl (C=O) groups is 1. The molecule has 2 aromatic carbocycles. The van der Waals surface area contributed by atoms with Crippen molar-refractivity contribution in [2.75, 3.05) is 0 Å². The Labute approximate surface area is 195 Å². The SMILES string of the molecule is CCc1c2c(nc3ccc4ccc(CO)cc4c13)-c1cc3c(c(=O)n1C2)COC(=O)[C@]3(O)CC. The molecule has 1 atom stereocenters. The van der Waals surface area contributed by atoms with Crippen molar-refractivity contribution in [1.82, 2.24) is 9.55 Å². The molecule has 2 aliphatic heterocycles. The van der Waals surface area contributed by atoms with Gasteiger partial charge in [0.05, 0.1) is 35.6 Å². The Morgan fingerprint density at radius 3 is 2.65 bits per heavy atom. The Hall–Kier alpha value is -3.55. The van der Waals surface area contributed by atoms with Crippen LogP contribution in [0.15, 0.2) is 41.2 Å². The van der Waals surface area contributed by atoms with E-state index in [9.17, 15) is 19.8 Å². The highest BCUT2D eigenvalue weighted by atomic mass is 16.6. The van der Waals surface area contributed by atoms with Crippen LogP contribution >= 0.6 is 0 Å². The number of nitrogens with zero attached hydrogens (tertiary/aromatic N) is 2. The molecule has 34 heavy (non-hydrogen) atoms. The van der Waals surface area contributed by atoms with Gasteiger partial charge in [-0.05, 0) is 52.9 Å². The summed E-state index contributed by atoms with van der Waals surface area (Å²) >= 11 is 0. The van der Waals surface area contributed by atoms with Crippen LogP contribution in [-0.2, 0) is 41.3 Å². The second-order valence-electron chi connectivity index (χ2n) is 9.05. The van der Waals surface area contributed by atoms with Gasteiger partial charge in [-0.25, -0.2) is 9.78 Å². The lowest BCUT2D eigenvalue weighted by Gasteiger charge is -2.31. The Morgan fingerprint density at radius 1 is 1.12 bits per heavy atom. The molecule has 2 N–H and O–H groups in total. The van der Waals surface area contributed by atoms with Crippen LogP contribution in [0.5, 0.6) is 0 Å². The van der Waals surface area contributed by atoms with Crippen LogP contribution in [0.25, 0.3) is 33.1 Å². The summed E-state index contributed by atoms with van der Waals surface area (Å²) in [6, 6.07) is 11.7. The molecular formula is C27H24N2O5. The lowest BCUT2D eigenvalue weighted by molar-refractivity contribution is -0.172. The second-order valence-corrected chi connectivity index (χ2v) is 9.05. The van der Waals surface area contributed by atoms with Gasteiger partial charge in [0.25, 0.3) is 5.56 Å². The Balaban J connectivity index is 1.68. The van der Waals surface area contributed by atoms with Crippen molar-refractivity contribution >= 4 is 27.6 Å². The average molecular weight is 456 g/mol. The van der Waals surface area contributed by atoms with Crippen LogP contribution in [-0.4, -0.2) is 25.7 Å². The highest BCUT2D eigenvalue weighted by Crippen LogP contribution is 2.41. The molecule has 0 radical (unpaired) electrons. The summed E-state index contributed by atoms with van der Waals surface area (Å²) in [5.41, 5.74) is 3.59. The van der Waals surface area contributed by atoms with Crippen LogP contribution in [0.3, 0.4) is 0 Å². The highest BCUT2D eigenvalue weighted by Gasteiger charge is 2.45. The zero-order chi connectivity index (χ0) is 23.8. The predicted molar refractivity (Wildman–Crippen MR) is 127 cm³/mol. The smallest absolute Gasteiger partial charge is 0.343 e. The summed E-state index contributed by atoms with van der Waals surface area (Å²) in [7, 11) is 0. The van der Waals surface area contributed by atoms with Gasteiger partial charge in [0, 0.05) is 16.5 Å². The van der Waals surface area contributed by atoms with E-state index in [2.05, 4.69) is 6.92 Å². The van der Waals surface area contributed by atoms with Crippen molar-refractivity contribution in [3.05, 3.63) is 74.6 Å². The molecule has 0 spiro atoms. The first-order valence-corrected chi connectivity index (χ1v) is 11.6. The zero-order valence-electron chi connectivity index (χ0n) is 19.0. The summed E-state index contributed by atoms with van der Waals surface area (Å²) in [6.45, 7) is 3.97. The van der Waals surface area contributed by atoms with Crippen LogP contribution in [0.1, 0.15) is 48.1 Å². The summed E-state index contributed by atoms with van der Waals surface area (Å²) < 4.78 is 6.84. The lowest BCUT2D eigenvalue weighted by atomic mass is 9.86. The van der Waals surface area contributed by atoms with Gasteiger partial charge in [0.15, 0.2) is 5.60 Å². The third-order valence-electron chi connectivity index (χ3n) is 7.39. The molecule has 7 heteroatoms. The molecule has 0 amide bonds. The standard InChI is InChI=1S/C27H24N2O5/c1-3-16-18-11-29-22(10-20-19(25(29)31)13-34-26(32)27(20,33)4-2)24(18)28-21-8-7-15-6-5-14(12-30)9-17(15)23(16)21/h5-10,30,33H,3-4,11-13H2,1-2H3/t27-/m0/s1. The second kappa shape index (κ2) is 7.22. The van der Waals surface area contributed by atoms with E-state index in [0.717, 1.165) is 44.8 Å². The number of pyridine rings is 2. The number of aliphatic hydroxyl groups is 2. The van der Waals surface area contributed by atoms with E-state index in [1.165, 1.54) is 0 Å². The number of aromatic nitrogens is 2. The van der Waals surface area contributed by atoms with Gasteiger partial charge < -0.3 is 19.5 Å². The molecule has 2 aromatic heterocycles. The maximum Gasteiger partial charge on any atom is 0.343 e. The Bertz CT molecular complexity index is 1600. The van der Waals surface area contributed by atoms with E-state index in [0.29, 0.717) is 29.1 Å². The van der Waals surface area contributed by atoms with E-state index >= 15 is 0 Å². The van der Waals surface area contributed by atoms with Gasteiger partial charge >= 0.3 is 5.97 Å². The van der Waals surface area contributed by atoms with Crippen molar-refractivity contribution in [1.29, 1.82) is 0 Å². The maximum atomic E-state index is 13.5. The van der Waals surface area contributed by atoms with E-state index in [1.807, 2.05) is 30.3 Å². The van der Waals surface area contributed by atoms with Gasteiger partial charge in [0.2, 0.25) is 0 Å². The monoisotopic (exact) mass is 456 g/mol. The van der Waals surface area contributed by atoms with Gasteiger partial charge in [0.1, 0.15) is 6.61 Å². The van der Waals surface area contributed by atoms with E-state index in [4.69, 9.17) is 9.72 Å². The van der Waals surface area contributed by atoms with E-state index in [1.54, 1.807) is 17.6 Å². The average Bonchev–Trinajstić information content (AvgIpc) is 3.23. The number of hydrogen-bond acceptors (Lipinski definition) is 6. The number of aryl methyl sites for hydroxylation is 1. The summed E-state index contributed by atoms with van der Waals surface area (Å²) in [5.74, 6) is -0.725. The van der Waals surface area contributed by atoms with E-state index < -0.39 is 11.6 Å². The van der Waals surface area contributed by atoms with Crippen molar-refractivity contribution in [2.24, 2.45) is 0 Å². The first-order valence-electron chi connectivity index (χ1n) is 11.6. The molecule has 6 rings (SSSR count). The van der Waals surface area contributed by atoms with Crippen molar-refractivity contribution < 1.29 is 19.7 Å². The minimum absolute atomic E-state index is 0.0420. The fourth-order valence-corrected chi connectivity index (χ4v) is 5.53. The Morgan fingerprint density at radius 2 is 1.91 bits per heavy atom. The molecule has 4 aromatic rings. The number of benzene rings is 2. The first kappa shape index (κ1) is 21.0. The molecular weight excluding hydrogens is 432 g/mol. The van der Waals surface area contributed by atoms with Crippen LogP contribution < -0.4 is 5.56 Å².